The number of phosphoric acid groups is 1. The predicted octanol–water partition coefficient (Wildman–Crippen LogP) is 10.2. The number of esters is 2. The van der Waals surface area contributed by atoms with Crippen molar-refractivity contribution in [1.82, 2.24) is 0 Å². The Morgan fingerprint density at radius 2 is 1.17 bits per heavy atom. The maximum atomic E-state index is 12.6. The number of allylic oxidation sites excluding steroid dienone is 14. The van der Waals surface area contributed by atoms with E-state index in [0.29, 0.717) is 19.3 Å². The summed E-state index contributed by atoms with van der Waals surface area (Å²) in [4.78, 5) is 35.0. The fourth-order valence-corrected chi connectivity index (χ4v) is 5.80. The molecule has 0 saturated heterocycles. The molecule has 0 bridgehead atoms. The predicted molar refractivity (Wildman–Crippen MR) is 234 cm³/mol. The van der Waals surface area contributed by atoms with E-state index in [0.717, 1.165) is 70.6 Å². The van der Waals surface area contributed by atoms with Crippen LogP contribution in [0.2, 0.25) is 0 Å². The molecule has 0 saturated carbocycles. The Labute approximate surface area is 349 Å². The molecule has 58 heavy (non-hydrogen) atoms. The smallest absolute Gasteiger partial charge is 0.462 e. The van der Waals surface area contributed by atoms with Crippen molar-refractivity contribution in [2.75, 3.05) is 26.4 Å². The summed E-state index contributed by atoms with van der Waals surface area (Å²) >= 11 is 0. The first-order valence-corrected chi connectivity index (χ1v) is 22.8. The molecule has 12 heteroatoms. The van der Waals surface area contributed by atoms with Gasteiger partial charge in [-0.1, -0.05) is 143 Å². The van der Waals surface area contributed by atoms with Crippen molar-refractivity contribution in [2.24, 2.45) is 0 Å². The number of hydrogen-bond donors (Lipinski definition) is 4. The molecule has 0 aliphatic rings. The monoisotopic (exact) mass is 835 g/mol. The Morgan fingerprint density at radius 1 is 0.603 bits per heavy atom. The number of hydrogen-bond acceptors (Lipinski definition) is 10. The van der Waals surface area contributed by atoms with Crippen molar-refractivity contribution in [1.29, 1.82) is 0 Å². The van der Waals surface area contributed by atoms with Gasteiger partial charge in [-0.2, -0.15) is 0 Å². The van der Waals surface area contributed by atoms with E-state index in [1.54, 1.807) is 24.3 Å². The number of carbonyl (C=O) groups is 2. The number of unbranched alkanes of at least 4 members (excludes halogenated alkanes) is 8. The Kier molecular flexibility index (Phi) is 38.4. The van der Waals surface area contributed by atoms with E-state index >= 15 is 0 Å². The summed E-state index contributed by atoms with van der Waals surface area (Å²) in [6.45, 7) is 1.99. The Bertz CT molecular complexity index is 1300. The highest BCUT2D eigenvalue weighted by Crippen LogP contribution is 2.43. The molecule has 0 aromatic carbocycles. The molecule has 11 nitrogen and oxygen atoms in total. The quantitative estimate of drug-likeness (QED) is 0.0154. The molecular weight excluding hydrogens is 759 g/mol. The molecule has 0 fully saturated rings. The first kappa shape index (κ1) is 54.9. The Balaban J connectivity index is 4.57. The molecule has 0 heterocycles. The summed E-state index contributed by atoms with van der Waals surface area (Å²) in [5.74, 6) is -1.13. The van der Waals surface area contributed by atoms with Gasteiger partial charge in [0.25, 0.3) is 0 Å². The summed E-state index contributed by atoms with van der Waals surface area (Å²) < 4.78 is 32.5. The van der Waals surface area contributed by atoms with E-state index < -0.39 is 64.5 Å². The standard InChI is InChI=1S/C46H75O11P/c1-3-5-7-9-11-13-15-17-18-20-22-24-26-28-32-37-46(51)57-44(41-56-58(52,53)55-39-43(49)38-47)40-54-45(50)36-33-29-31-35-42(48)34-30-27-25-23-21-19-16-14-12-10-8-6-4-2/h6,8,11-14,17-19,21,25,27,29-31,34,42-44,47-49H,3-5,7,9-10,15-16,20,22-24,26,28,32-33,35-41H2,1-2H3,(H,52,53)/b8-6-,13-11-,14-12-,18-17-,21-19-,27-25-,31-29-,34-30-/t42?,43-,44+/m0/s1. The van der Waals surface area contributed by atoms with Crippen LogP contribution < -0.4 is 0 Å². The number of rotatable bonds is 38. The lowest BCUT2D eigenvalue weighted by atomic mass is 10.1. The maximum absolute atomic E-state index is 12.6. The van der Waals surface area contributed by atoms with Gasteiger partial charge in [-0.25, -0.2) is 4.57 Å². The normalized spacial score (nSPS) is 15.3. The highest BCUT2D eigenvalue weighted by atomic mass is 31.2. The van der Waals surface area contributed by atoms with Crippen LogP contribution in [0.25, 0.3) is 0 Å². The number of ether oxygens (including phenoxy) is 2. The number of phosphoric ester groups is 1. The van der Waals surface area contributed by atoms with E-state index in [1.807, 2.05) is 12.2 Å². The lowest BCUT2D eigenvalue weighted by Crippen LogP contribution is -2.29. The summed E-state index contributed by atoms with van der Waals surface area (Å²) in [6, 6.07) is 0. The van der Waals surface area contributed by atoms with E-state index in [-0.39, 0.29) is 12.8 Å². The second-order valence-corrected chi connectivity index (χ2v) is 15.3. The van der Waals surface area contributed by atoms with Crippen LogP contribution in [0.4, 0.5) is 0 Å². The average Bonchev–Trinajstić information content (AvgIpc) is 3.21. The molecule has 0 aromatic heterocycles. The summed E-state index contributed by atoms with van der Waals surface area (Å²) in [7, 11) is -4.67. The van der Waals surface area contributed by atoms with Crippen LogP contribution in [0, 0.1) is 0 Å². The van der Waals surface area contributed by atoms with E-state index in [1.165, 1.54) is 19.3 Å². The minimum atomic E-state index is -4.67. The zero-order valence-corrected chi connectivity index (χ0v) is 36.2. The minimum absolute atomic E-state index is 0.0263. The highest BCUT2D eigenvalue weighted by molar-refractivity contribution is 7.47. The Hall–Kier alpha value is -3.15. The minimum Gasteiger partial charge on any atom is -0.462 e. The molecular formula is C46H75O11P. The largest absolute Gasteiger partial charge is 0.472 e. The van der Waals surface area contributed by atoms with Crippen LogP contribution in [-0.2, 0) is 32.7 Å². The topological polar surface area (TPSA) is 169 Å². The maximum Gasteiger partial charge on any atom is 0.472 e. The van der Waals surface area contributed by atoms with Crippen LogP contribution >= 0.6 is 7.82 Å². The van der Waals surface area contributed by atoms with Gasteiger partial charge in [0.05, 0.1) is 25.9 Å². The lowest BCUT2D eigenvalue weighted by Gasteiger charge is -2.20. The van der Waals surface area contributed by atoms with E-state index in [9.17, 15) is 29.3 Å². The van der Waals surface area contributed by atoms with Gasteiger partial charge in [-0.3, -0.25) is 18.6 Å². The number of aliphatic hydroxyl groups excluding tert-OH is 3. The fourth-order valence-electron chi connectivity index (χ4n) is 5.01. The summed E-state index contributed by atoms with van der Waals surface area (Å²) in [5.41, 5.74) is 0. The molecule has 0 radical (unpaired) electrons. The van der Waals surface area contributed by atoms with Crippen molar-refractivity contribution in [3.05, 3.63) is 97.2 Å². The number of carbonyl (C=O) groups excluding carboxylic acids is 2. The van der Waals surface area contributed by atoms with Gasteiger partial charge in [-0.05, 0) is 77.0 Å². The summed E-state index contributed by atoms with van der Waals surface area (Å²) in [6.07, 6.45) is 45.5. The molecule has 0 aliphatic carbocycles. The molecule has 4 atom stereocenters. The van der Waals surface area contributed by atoms with Gasteiger partial charge < -0.3 is 29.7 Å². The van der Waals surface area contributed by atoms with Crippen molar-refractivity contribution in [3.8, 4) is 0 Å². The van der Waals surface area contributed by atoms with E-state index in [4.69, 9.17) is 19.1 Å². The molecule has 0 rings (SSSR count). The third kappa shape index (κ3) is 39.7. The van der Waals surface area contributed by atoms with Crippen LogP contribution in [0.15, 0.2) is 97.2 Å². The van der Waals surface area contributed by atoms with Crippen molar-refractivity contribution < 1.29 is 52.9 Å². The van der Waals surface area contributed by atoms with Crippen LogP contribution in [0.5, 0.6) is 0 Å². The van der Waals surface area contributed by atoms with Crippen LogP contribution in [-0.4, -0.2) is 76.9 Å². The van der Waals surface area contributed by atoms with Gasteiger partial charge in [0.1, 0.15) is 12.7 Å². The van der Waals surface area contributed by atoms with Crippen molar-refractivity contribution >= 4 is 19.8 Å². The van der Waals surface area contributed by atoms with Gasteiger partial charge in [-0.15, -0.1) is 0 Å². The second-order valence-electron chi connectivity index (χ2n) is 13.8. The van der Waals surface area contributed by atoms with Crippen LogP contribution in [0.3, 0.4) is 0 Å². The number of aliphatic hydroxyl groups is 3. The molecule has 2 unspecified atom stereocenters. The molecule has 0 aliphatic heterocycles. The third-order valence-corrected chi connectivity index (χ3v) is 9.27. The van der Waals surface area contributed by atoms with Crippen molar-refractivity contribution in [2.45, 2.75) is 154 Å². The van der Waals surface area contributed by atoms with Crippen LogP contribution in [0.1, 0.15) is 136 Å². The first-order valence-electron chi connectivity index (χ1n) is 21.3. The van der Waals surface area contributed by atoms with Crippen molar-refractivity contribution in [3.63, 3.8) is 0 Å². The Morgan fingerprint density at radius 3 is 1.83 bits per heavy atom. The van der Waals surface area contributed by atoms with Gasteiger partial charge >= 0.3 is 19.8 Å². The average molecular weight is 835 g/mol. The SMILES string of the molecule is CC/C=C\C/C=C\C/C=C\C/C=C\C=C/C(O)C/C=C\CCC(=O)OC[C@H](COP(=O)(O)OC[C@@H](O)CO)OC(=O)CCCCCCC/C=C\C/C=C\CCCCC. The second kappa shape index (κ2) is 40.6. The summed E-state index contributed by atoms with van der Waals surface area (Å²) in [5, 5.41) is 28.5. The molecule has 4 N–H and O–H groups in total. The zero-order chi connectivity index (χ0) is 42.8. The first-order chi connectivity index (χ1) is 28.1. The molecule has 0 aromatic rings. The molecule has 0 amide bonds. The van der Waals surface area contributed by atoms with E-state index in [2.05, 4.69) is 79.1 Å². The van der Waals surface area contributed by atoms with Gasteiger partial charge in [0, 0.05) is 12.8 Å². The third-order valence-electron chi connectivity index (χ3n) is 8.32. The lowest BCUT2D eigenvalue weighted by molar-refractivity contribution is -0.161. The molecule has 0 spiro atoms. The van der Waals surface area contributed by atoms with Gasteiger partial charge in [0.15, 0.2) is 6.10 Å². The zero-order valence-electron chi connectivity index (χ0n) is 35.3. The fraction of sp³-hybridized carbons (Fsp3) is 0.609. The highest BCUT2D eigenvalue weighted by Gasteiger charge is 2.27. The molecule has 330 valence electrons. The van der Waals surface area contributed by atoms with Gasteiger partial charge in [0.2, 0.25) is 0 Å².